The average Bonchev–Trinajstić information content (AvgIpc) is 2.52. The highest BCUT2D eigenvalue weighted by molar-refractivity contribution is 5.30. The lowest BCUT2D eigenvalue weighted by Crippen LogP contribution is -2.04. The molecule has 0 radical (unpaired) electrons. The second-order valence-electron chi connectivity index (χ2n) is 4.31. The highest BCUT2D eigenvalue weighted by Gasteiger charge is 2.14. The first kappa shape index (κ1) is 14.3. The molecule has 0 aliphatic carbocycles. The average molecular weight is 274 g/mol. The first-order valence-electron chi connectivity index (χ1n) is 6.51. The van der Waals surface area contributed by atoms with Gasteiger partial charge in [-0.15, -0.1) is 0 Å². The molecule has 2 aromatic heterocycles. The van der Waals surface area contributed by atoms with Crippen molar-refractivity contribution < 1.29 is 14.6 Å². The van der Waals surface area contributed by atoms with Gasteiger partial charge < -0.3 is 14.6 Å². The van der Waals surface area contributed by atoms with Gasteiger partial charge in [0.2, 0.25) is 5.88 Å². The highest BCUT2D eigenvalue weighted by Crippen LogP contribution is 2.24. The molecule has 0 fully saturated rings. The summed E-state index contributed by atoms with van der Waals surface area (Å²) in [5, 5.41) is 10.3. The van der Waals surface area contributed by atoms with Gasteiger partial charge in [-0.05, 0) is 18.6 Å². The molecule has 0 aromatic carbocycles. The van der Waals surface area contributed by atoms with Gasteiger partial charge in [0.05, 0.1) is 25.6 Å². The van der Waals surface area contributed by atoms with E-state index in [1.807, 2.05) is 6.92 Å². The molecule has 2 heterocycles. The predicted molar refractivity (Wildman–Crippen MR) is 74.9 cm³/mol. The molecule has 0 spiro atoms. The lowest BCUT2D eigenvalue weighted by atomic mass is 10.1. The van der Waals surface area contributed by atoms with Crippen LogP contribution in [0.1, 0.15) is 30.7 Å². The van der Waals surface area contributed by atoms with Gasteiger partial charge in [0.25, 0.3) is 0 Å². The van der Waals surface area contributed by atoms with Crippen LogP contribution in [0.25, 0.3) is 0 Å². The molecular formula is C15H18N2O3. The smallest absolute Gasteiger partial charge is 0.213 e. The number of nitrogens with zero attached hydrogens (tertiary/aromatic N) is 2. The van der Waals surface area contributed by atoms with Crippen molar-refractivity contribution in [2.24, 2.45) is 0 Å². The zero-order valence-electron chi connectivity index (χ0n) is 11.6. The Morgan fingerprint density at radius 2 is 2.15 bits per heavy atom. The van der Waals surface area contributed by atoms with E-state index in [-0.39, 0.29) is 0 Å². The molecule has 1 atom stereocenters. The standard InChI is InChI=1S/C15H18N2O3/c1-3-7-20-12-8-11(9-16-10-12)15(18)13-5-4-6-14(17-13)19-2/h4-6,8-10,15,18H,3,7H2,1-2H3. The molecule has 0 bridgehead atoms. The number of ether oxygens (including phenoxy) is 2. The fourth-order valence-corrected chi connectivity index (χ4v) is 1.75. The van der Waals surface area contributed by atoms with Crippen molar-refractivity contribution in [3.63, 3.8) is 0 Å². The third-order valence-corrected chi connectivity index (χ3v) is 2.76. The van der Waals surface area contributed by atoms with Gasteiger partial charge in [-0.3, -0.25) is 4.98 Å². The van der Waals surface area contributed by atoms with Gasteiger partial charge in [-0.25, -0.2) is 4.98 Å². The summed E-state index contributed by atoms with van der Waals surface area (Å²) in [7, 11) is 1.54. The number of pyridine rings is 2. The van der Waals surface area contributed by atoms with Crippen molar-refractivity contribution in [2.75, 3.05) is 13.7 Å². The molecule has 2 aromatic rings. The Hall–Kier alpha value is -2.14. The van der Waals surface area contributed by atoms with Crippen LogP contribution in [0.3, 0.4) is 0 Å². The van der Waals surface area contributed by atoms with E-state index in [0.29, 0.717) is 29.5 Å². The fraction of sp³-hybridized carbons (Fsp3) is 0.333. The zero-order chi connectivity index (χ0) is 14.4. The molecule has 0 aliphatic rings. The first-order chi connectivity index (χ1) is 9.74. The minimum Gasteiger partial charge on any atom is -0.492 e. The number of aromatic nitrogens is 2. The second-order valence-corrected chi connectivity index (χ2v) is 4.31. The van der Waals surface area contributed by atoms with Crippen LogP contribution in [-0.2, 0) is 0 Å². The Bertz CT molecular complexity index is 560. The summed E-state index contributed by atoms with van der Waals surface area (Å²) in [6.45, 7) is 2.66. The number of aliphatic hydroxyl groups is 1. The highest BCUT2D eigenvalue weighted by atomic mass is 16.5. The number of hydrogen-bond acceptors (Lipinski definition) is 5. The molecule has 0 aliphatic heterocycles. The molecule has 5 heteroatoms. The normalized spacial score (nSPS) is 11.9. The quantitative estimate of drug-likeness (QED) is 0.876. The minimum absolute atomic E-state index is 0.466. The van der Waals surface area contributed by atoms with Crippen molar-refractivity contribution in [1.29, 1.82) is 0 Å². The van der Waals surface area contributed by atoms with Crippen molar-refractivity contribution in [3.8, 4) is 11.6 Å². The predicted octanol–water partition coefficient (Wildman–Crippen LogP) is 2.36. The summed E-state index contributed by atoms with van der Waals surface area (Å²) in [5.74, 6) is 1.11. The van der Waals surface area contributed by atoms with Crippen molar-refractivity contribution in [2.45, 2.75) is 19.4 Å². The van der Waals surface area contributed by atoms with Gasteiger partial charge >= 0.3 is 0 Å². The van der Waals surface area contributed by atoms with E-state index in [0.717, 1.165) is 6.42 Å². The number of hydrogen-bond donors (Lipinski definition) is 1. The molecule has 2 rings (SSSR count). The Labute approximate surface area is 118 Å². The van der Waals surface area contributed by atoms with Crippen molar-refractivity contribution in [3.05, 3.63) is 47.9 Å². The lowest BCUT2D eigenvalue weighted by Gasteiger charge is -2.12. The largest absolute Gasteiger partial charge is 0.492 e. The Balaban J connectivity index is 2.21. The maximum Gasteiger partial charge on any atom is 0.213 e. The third-order valence-electron chi connectivity index (χ3n) is 2.76. The number of methoxy groups -OCH3 is 1. The van der Waals surface area contributed by atoms with Gasteiger partial charge in [0.1, 0.15) is 11.9 Å². The van der Waals surface area contributed by atoms with Crippen LogP contribution in [0.15, 0.2) is 36.7 Å². The van der Waals surface area contributed by atoms with Gasteiger partial charge in [-0.2, -0.15) is 0 Å². The zero-order valence-corrected chi connectivity index (χ0v) is 11.6. The van der Waals surface area contributed by atoms with Crippen LogP contribution in [-0.4, -0.2) is 28.8 Å². The molecule has 20 heavy (non-hydrogen) atoms. The fourth-order valence-electron chi connectivity index (χ4n) is 1.75. The monoisotopic (exact) mass is 274 g/mol. The molecule has 5 nitrogen and oxygen atoms in total. The van der Waals surface area contributed by atoms with E-state index in [4.69, 9.17) is 9.47 Å². The number of aliphatic hydroxyl groups excluding tert-OH is 1. The van der Waals surface area contributed by atoms with Crippen molar-refractivity contribution >= 4 is 0 Å². The van der Waals surface area contributed by atoms with Gasteiger partial charge in [0, 0.05) is 17.8 Å². The topological polar surface area (TPSA) is 64.5 Å². The van der Waals surface area contributed by atoms with E-state index in [1.165, 1.54) is 0 Å². The first-order valence-corrected chi connectivity index (χ1v) is 6.51. The SMILES string of the molecule is CCCOc1cncc(C(O)c2cccc(OC)n2)c1. The molecule has 1 unspecified atom stereocenters. The van der Waals surface area contributed by atoms with Crippen LogP contribution in [0.4, 0.5) is 0 Å². The van der Waals surface area contributed by atoms with Crippen LogP contribution in [0, 0.1) is 0 Å². The van der Waals surface area contributed by atoms with E-state index < -0.39 is 6.10 Å². The Kier molecular flexibility index (Phi) is 4.90. The number of rotatable bonds is 6. The molecule has 0 saturated carbocycles. The summed E-state index contributed by atoms with van der Waals surface area (Å²) in [4.78, 5) is 8.30. The molecule has 106 valence electrons. The van der Waals surface area contributed by atoms with Crippen molar-refractivity contribution in [1.82, 2.24) is 9.97 Å². The Morgan fingerprint density at radius 1 is 1.30 bits per heavy atom. The van der Waals surface area contributed by atoms with Gasteiger partial charge in [0.15, 0.2) is 0 Å². The van der Waals surface area contributed by atoms with Crippen LogP contribution in [0.5, 0.6) is 11.6 Å². The molecular weight excluding hydrogens is 256 g/mol. The summed E-state index contributed by atoms with van der Waals surface area (Å²) in [5.41, 5.74) is 1.15. The molecule has 0 amide bonds. The minimum atomic E-state index is -0.859. The third kappa shape index (κ3) is 3.45. The summed E-state index contributed by atoms with van der Waals surface area (Å²) < 4.78 is 10.6. The van der Waals surface area contributed by atoms with Crippen LogP contribution in [0.2, 0.25) is 0 Å². The Morgan fingerprint density at radius 3 is 2.90 bits per heavy atom. The van der Waals surface area contributed by atoms with E-state index in [1.54, 1.807) is 43.8 Å². The van der Waals surface area contributed by atoms with E-state index >= 15 is 0 Å². The van der Waals surface area contributed by atoms with Crippen LogP contribution >= 0.6 is 0 Å². The molecule has 0 saturated heterocycles. The molecule has 1 N–H and O–H groups in total. The summed E-state index contributed by atoms with van der Waals surface area (Å²) >= 11 is 0. The van der Waals surface area contributed by atoms with Gasteiger partial charge in [-0.1, -0.05) is 13.0 Å². The maximum absolute atomic E-state index is 10.3. The lowest BCUT2D eigenvalue weighted by molar-refractivity contribution is 0.212. The summed E-state index contributed by atoms with van der Waals surface area (Å²) in [6.07, 6.45) is 3.29. The van der Waals surface area contributed by atoms with E-state index in [9.17, 15) is 5.11 Å². The second kappa shape index (κ2) is 6.86. The maximum atomic E-state index is 10.3. The van der Waals surface area contributed by atoms with Crippen LogP contribution < -0.4 is 9.47 Å². The summed E-state index contributed by atoms with van der Waals surface area (Å²) in [6, 6.07) is 7.03. The van der Waals surface area contributed by atoms with E-state index in [2.05, 4.69) is 9.97 Å².